The number of aromatic nitrogens is 2. The highest BCUT2D eigenvalue weighted by Gasteiger charge is 2.35. The van der Waals surface area contributed by atoms with Gasteiger partial charge in [-0.05, 0) is 42.5 Å². The molecule has 0 saturated carbocycles. The number of hydrogen-bond donors (Lipinski definition) is 3. The van der Waals surface area contributed by atoms with Gasteiger partial charge >= 0.3 is 0 Å². The smallest absolute Gasteiger partial charge is 0.258 e. The van der Waals surface area contributed by atoms with Gasteiger partial charge in [0.25, 0.3) is 5.56 Å². The Kier molecular flexibility index (Phi) is 5.64. The van der Waals surface area contributed by atoms with Crippen LogP contribution in [0.1, 0.15) is 38.2 Å². The molecule has 1 fully saturated rings. The van der Waals surface area contributed by atoms with Crippen LogP contribution in [0.4, 0.5) is 17.5 Å². The largest absolute Gasteiger partial charge is 0.342 e. The number of rotatable bonds is 3. The van der Waals surface area contributed by atoms with Crippen LogP contribution >= 0.6 is 15.9 Å². The summed E-state index contributed by atoms with van der Waals surface area (Å²) in [6, 6.07) is 7.10. The fraction of sp³-hybridized carbons (Fsp3) is 0.429. The summed E-state index contributed by atoms with van der Waals surface area (Å²) >= 11 is 3.35. The van der Waals surface area contributed by atoms with Crippen molar-refractivity contribution in [3.8, 4) is 0 Å². The zero-order chi connectivity index (χ0) is 21.4. The third-order valence-electron chi connectivity index (χ3n) is 5.54. The fourth-order valence-corrected chi connectivity index (χ4v) is 4.60. The predicted molar refractivity (Wildman–Crippen MR) is 119 cm³/mol. The number of aromatic amines is 1. The Morgan fingerprint density at radius 1 is 1.17 bits per heavy atom. The number of carbonyl (C=O) groups excluding carboxylic acids is 2. The molecule has 1 aromatic heterocycles. The van der Waals surface area contributed by atoms with Crippen molar-refractivity contribution >= 4 is 45.2 Å². The second kappa shape index (κ2) is 8.22. The monoisotopic (exact) mass is 473 g/mol. The summed E-state index contributed by atoms with van der Waals surface area (Å²) in [6.45, 7) is 5.91. The lowest BCUT2D eigenvalue weighted by molar-refractivity contribution is -0.123. The van der Waals surface area contributed by atoms with Crippen molar-refractivity contribution in [2.45, 2.75) is 32.6 Å². The highest BCUT2D eigenvalue weighted by Crippen LogP contribution is 2.31. The molecule has 4 rings (SSSR count). The molecule has 2 amide bonds. The van der Waals surface area contributed by atoms with Crippen molar-refractivity contribution in [2.75, 3.05) is 28.6 Å². The molecule has 9 heteroatoms. The minimum absolute atomic E-state index is 0.0999. The first-order valence-electron chi connectivity index (χ1n) is 10.1. The van der Waals surface area contributed by atoms with Crippen LogP contribution in [-0.4, -0.2) is 34.9 Å². The maximum Gasteiger partial charge on any atom is 0.258 e. The van der Waals surface area contributed by atoms with Gasteiger partial charge in [0.05, 0.1) is 11.5 Å². The van der Waals surface area contributed by atoms with Gasteiger partial charge in [0.2, 0.25) is 17.8 Å². The summed E-state index contributed by atoms with van der Waals surface area (Å²) < 4.78 is 0.886. The third kappa shape index (κ3) is 4.26. The molecule has 3 N–H and O–H groups in total. The molecule has 3 atom stereocenters. The van der Waals surface area contributed by atoms with Crippen molar-refractivity contribution in [2.24, 2.45) is 11.8 Å². The number of nitrogens with one attached hydrogen (secondary N) is 3. The Bertz CT molecular complexity index is 1030. The zero-order valence-electron chi connectivity index (χ0n) is 16.9. The molecule has 0 aliphatic carbocycles. The summed E-state index contributed by atoms with van der Waals surface area (Å²) in [5, 5.41) is 5.46. The SMILES string of the molecule is CC1CC(C)CN(c2nc3c(c(=O)[nH]2)C(C(=O)Nc2ccc(Br)cc2)CC(=O)N3)C1. The molecule has 158 valence electrons. The zero-order valence-corrected chi connectivity index (χ0v) is 18.5. The Balaban J connectivity index is 1.64. The van der Waals surface area contributed by atoms with Crippen LogP contribution in [0.25, 0.3) is 0 Å². The van der Waals surface area contributed by atoms with Gasteiger partial charge in [0.1, 0.15) is 5.82 Å². The number of piperidine rings is 1. The van der Waals surface area contributed by atoms with Crippen LogP contribution in [0, 0.1) is 11.8 Å². The number of benzene rings is 1. The number of amides is 2. The van der Waals surface area contributed by atoms with Crippen LogP contribution in [0.3, 0.4) is 0 Å². The van der Waals surface area contributed by atoms with E-state index in [0.717, 1.165) is 24.0 Å². The quantitative estimate of drug-likeness (QED) is 0.634. The number of carbonyl (C=O) groups is 2. The molecule has 8 nitrogen and oxygen atoms in total. The first-order chi connectivity index (χ1) is 14.3. The molecular formula is C21H24BrN5O3. The number of H-pyrrole nitrogens is 1. The van der Waals surface area contributed by atoms with Gasteiger partial charge in [-0.15, -0.1) is 0 Å². The van der Waals surface area contributed by atoms with Gasteiger partial charge in [-0.3, -0.25) is 19.4 Å². The van der Waals surface area contributed by atoms with Gasteiger partial charge < -0.3 is 15.5 Å². The molecule has 30 heavy (non-hydrogen) atoms. The van der Waals surface area contributed by atoms with E-state index in [1.807, 2.05) is 4.90 Å². The molecule has 1 aromatic carbocycles. The molecule has 2 aliphatic rings. The molecule has 0 spiro atoms. The minimum atomic E-state index is -0.901. The van der Waals surface area contributed by atoms with E-state index in [2.05, 4.69) is 50.4 Å². The highest BCUT2D eigenvalue weighted by molar-refractivity contribution is 9.10. The lowest BCUT2D eigenvalue weighted by atomic mass is 9.91. The van der Waals surface area contributed by atoms with Crippen molar-refractivity contribution in [3.63, 3.8) is 0 Å². The maximum absolute atomic E-state index is 12.9. The summed E-state index contributed by atoms with van der Waals surface area (Å²) in [5.41, 5.74) is 0.399. The number of hydrogen-bond acceptors (Lipinski definition) is 5. The molecule has 2 aliphatic heterocycles. The lowest BCUT2D eigenvalue weighted by Gasteiger charge is -2.35. The van der Waals surface area contributed by atoms with E-state index in [1.54, 1.807) is 24.3 Å². The van der Waals surface area contributed by atoms with E-state index >= 15 is 0 Å². The molecule has 0 bridgehead atoms. The molecule has 3 heterocycles. The Labute approximate surface area is 182 Å². The maximum atomic E-state index is 12.9. The Hall–Kier alpha value is -2.68. The second-order valence-corrected chi connectivity index (χ2v) is 9.22. The van der Waals surface area contributed by atoms with Crippen molar-refractivity contribution < 1.29 is 9.59 Å². The third-order valence-corrected chi connectivity index (χ3v) is 6.06. The van der Waals surface area contributed by atoms with E-state index in [-0.39, 0.29) is 23.7 Å². The minimum Gasteiger partial charge on any atom is -0.342 e. The lowest BCUT2D eigenvalue weighted by Crippen LogP contribution is -2.42. The van der Waals surface area contributed by atoms with Crippen LogP contribution in [0.2, 0.25) is 0 Å². The number of halogens is 1. The van der Waals surface area contributed by atoms with Crippen LogP contribution in [0.15, 0.2) is 33.5 Å². The average molecular weight is 474 g/mol. The Morgan fingerprint density at radius 3 is 2.50 bits per heavy atom. The average Bonchev–Trinajstić information content (AvgIpc) is 2.68. The van der Waals surface area contributed by atoms with E-state index < -0.39 is 17.4 Å². The fourth-order valence-electron chi connectivity index (χ4n) is 4.33. The molecule has 2 aromatic rings. The van der Waals surface area contributed by atoms with E-state index in [4.69, 9.17) is 0 Å². The van der Waals surface area contributed by atoms with Crippen LogP contribution < -0.4 is 21.1 Å². The summed E-state index contributed by atoms with van der Waals surface area (Å²) in [5.74, 6) is -0.0695. The first-order valence-corrected chi connectivity index (χ1v) is 10.8. The summed E-state index contributed by atoms with van der Waals surface area (Å²) in [6.07, 6.45) is 1.03. The van der Waals surface area contributed by atoms with E-state index in [1.165, 1.54) is 0 Å². The molecule has 3 unspecified atom stereocenters. The topological polar surface area (TPSA) is 107 Å². The summed E-state index contributed by atoms with van der Waals surface area (Å²) in [7, 11) is 0. The highest BCUT2D eigenvalue weighted by atomic mass is 79.9. The number of fused-ring (bicyclic) bond motifs is 1. The van der Waals surface area contributed by atoms with Gasteiger partial charge in [0, 0.05) is 29.7 Å². The van der Waals surface area contributed by atoms with Gasteiger partial charge in [0.15, 0.2) is 0 Å². The van der Waals surface area contributed by atoms with E-state index in [9.17, 15) is 14.4 Å². The second-order valence-electron chi connectivity index (χ2n) is 8.30. The molecule has 0 radical (unpaired) electrons. The van der Waals surface area contributed by atoms with Crippen molar-refractivity contribution in [3.05, 3.63) is 44.7 Å². The standard InChI is InChI=1S/C21H24BrN5O3/c1-11-7-12(2)10-27(9-11)21-25-18-17(20(30)26-21)15(8-16(28)24-18)19(29)23-14-5-3-13(22)4-6-14/h3-6,11-12,15H,7-10H2,1-2H3,(H,23,29)(H2,24,25,26,28,30). The Morgan fingerprint density at radius 2 is 1.83 bits per heavy atom. The van der Waals surface area contributed by atoms with Gasteiger partial charge in [-0.2, -0.15) is 4.98 Å². The summed E-state index contributed by atoms with van der Waals surface area (Å²) in [4.78, 5) is 47.5. The predicted octanol–water partition coefficient (Wildman–Crippen LogP) is 3.08. The number of nitrogens with zero attached hydrogens (tertiary/aromatic N) is 2. The first kappa shape index (κ1) is 20.6. The molecular weight excluding hydrogens is 450 g/mol. The van der Waals surface area contributed by atoms with Gasteiger partial charge in [-0.25, -0.2) is 0 Å². The van der Waals surface area contributed by atoms with Crippen LogP contribution in [-0.2, 0) is 9.59 Å². The van der Waals surface area contributed by atoms with Crippen molar-refractivity contribution in [1.29, 1.82) is 0 Å². The van der Waals surface area contributed by atoms with E-state index in [0.29, 0.717) is 23.5 Å². The van der Waals surface area contributed by atoms with Crippen LogP contribution in [0.5, 0.6) is 0 Å². The number of anilines is 3. The van der Waals surface area contributed by atoms with Crippen molar-refractivity contribution in [1.82, 2.24) is 9.97 Å². The normalized spacial score (nSPS) is 23.5. The molecule has 1 saturated heterocycles. The van der Waals surface area contributed by atoms with Gasteiger partial charge in [-0.1, -0.05) is 29.8 Å².